The molecule has 1 aliphatic rings. The van der Waals surface area contributed by atoms with Crippen molar-refractivity contribution >= 4 is 43.4 Å². The maximum atomic E-state index is 5.27. The van der Waals surface area contributed by atoms with E-state index < -0.39 is 0 Å². The molecule has 0 bridgehead atoms. The minimum atomic E-state index is 0.669. The molecule has 0 unspecified atom stereocenters. The van der Waals surface area contributed by atoms with Gasteiger partial charge in [0.1, 0.15) is 0 Å². The molecule has 3 nitrogen and oxygen atoms in total. The summed E-state index contributed by atoms with van der Waals surface area (Å²) in [6.45, 7) is 0. The van der Waals surface area contributed by atoms with Crippen LogP contribution in [0.3, 0.4) is 0 Å². The second-order valence-corrected chi connectivity index (χ2v) is 11.8. The molecule has 1 aliphatic carbocycles. The Balaban J connectivity index is 1.40. The van der Waals surface area contributed by atoms with Crippen molar-refractivity contribution < 1.29 is 0 Å². The quantitative estimate of drug-likeness (QED) is 0.198. The van der Waals surface area contributed by atoms with Crippen LogP contribution in [0, 0.1) is 0 Å². The highest BCUT2D eigenvalue weighted by molar-refractivity contribution is 6.33. The Morgan fingerprint density at radius 3 is 1.71 bits per heavy atom. The summed E-state index contributed by atoms with van der Waals surface area (Å²) in [5.41, 5.74) is 11.2. The fourth-order valence-corrected chi connectivity index (χ4v) is 7.40. The maximum Gasteiger partial charge on any atom is 0.235 e. The van der Waals surface area contributed by atoms with Crippen molar-refractivity contribution in [2.45, 2.75) is 0 Å². The Morgan fingerprint density at radius 1 is 0.378 bits per heavy atom. The molecular formula is C42H25N3. The van der Waals surface area contributed by atoms with Crippen molar-refractivity contribution in [3.8, 4) is 50.7 Å². The SMILES string of the molecule is c1ccc(-c2cc(-c3ccccc3)nc(-n3c4cccc5c4c4c6c(cc7ccccc7c6ccc43)-c3ccccc3-5)n2)cc1. The van der Waals surface area contributed by atoms with Crippen LogP contribution < -0.4 is 0 Å². The minimum absolute atomic E-state index is 0.669. The molecule has 45 heavy (non-hydrogen) atoms. The van der Waals surface area contributed by atoms with Gasteiger partial charge in [-0.3, -0.25) is 4.57 Å². The standard InChI is InChI=1S/C42H25N3/c1-3-12-26(13-4-1)35-25-36(27-14-5-2-6-15-27)44-42(43-35)45-37-21-11-20-32-30-18-9-10-19-31(30)34-24-28-16-7-8-17-29(28)33-22-23-38(45)41(39(33)34)40(32)37/h1-25H. The van der Waals surface area contributed by atoms with Crippen LogP contribution in [0.1, 0.15) is 0 Å². The van der Waals surface area contributed by atoms with Gasteiger partial charge in [0.2, 0.25) is 5.95 Å². The highest BCUT2D eigenvalue weighted by Crippen LogP contribution is 2.50. The lowest BCUT2D eigenvalue weighted by atomic mass is 9.90. The van der Waals surface area contributed by atoms with Crippen molar-refractivity contribution in [2.24, 2.45) is 0 Å². The van der Waals surface area contributed by atoms with Crippen molar-refractivity contribution in [3.63, 3.8) is 0 Å². The van der Waals surface area contributed by atoms with Gasteiger partial charge in [0.15, 0.2) is 0 Å². The fourth-order valence-electron chi connectivity index (χ4n) is 7.40. The van der Waals surface area contributed by atoms with Gasteiger partial charge >= 0.3 is 0 Å². The molecule has 2 heterocycles. The van der Waals surface area contributed by atoms with E-state index in [2.05, 4.69) is 144 Å². The normalized spacial score (nSPS) is 12.0. The first kappa shape index (κ1) is 24.4. The molecule has 9 aromatic rings. The van der Waals surface area contributed by atoms with Gasteiger partial charge < -0.3 is 0 Å². The Morgan fingerprint density at radius 2 is 0.978 bits per heavy atom. The molecule has 3 heteroatoms. The van der Waals surface area contributed by atoms with Crippen LogP contribution in [0.4, 0.5) is 0 Å². The van der Waals surface area contributed by atoms with E-state index in [-0.39, 0.29) is 0 Å². The van der Waals surface area contributed by atoms with Crippen molar-refractivity contribution in [3.05, 3.63) is 152 Å². The third-order valence-corrected chi connectivity index (χ3v) is 9.34. The maximum absolute atomic E-state index is 5.27. The van der Waals surface area contributed by atoms with E-state index in [1.165, 1.54) is 54.6 Å². The van der Waals surface area contributed by atoms with Crippen molar-refractivity contribution in [2.75, 3.05) is 0 Å². The van der Waals surface area contributed by atoms with Crippen LogP contribution in [0.25, 0.3) is 94.1 Å². The molecule has 0 amide bonds. The molecule has 2 aromatic heterocycles. The van der Waals surface area contributed by atoms with E-state index >= 15 is 0 Å². The zero-order valence-electron chi connectivity index (χ0n) is 24.3. The van der Waals surface area contributed by atoms with Gasteiger partial charge in [-0.15, -0.1) is 0 Å². The monoisotopic (exact) mass is 571 g/mol. The smallest absolute Gasteiger partial charge is 0.235 e. The van der Waals surface area contributed by atoms with Crippen molar-refractivity contribution in [1.82, 2.24) is 14.5 Å². The minimum Gasteiger partial charge on any atom is -0.278 e. The molecule has 0 saturated heterocycles. The van der Waals surface area contributed by atoms with Crippen LogP contribution in [0.2, 0.25) is 0 Å². The second kappa shape index (κ2) is 9.22. The first-order valence-corrected chi connectivity index (χ1v) is 15.4. The Hall–Kier alpha value is -6.06. The van der Waals surface area contributed by atoms with Gasteiger partial charge in [-0.25, -0.2) is 9.97 Å². The molecule has 10 rings (SSSR count). The van der Waals surface area contributed by atoms with Crippen molar-refractivity contribution in [1.29, 1.82) is 0 Å². The van der Waals surface area contributed by atoms with Crippen LogP contribution >= 0.6 is 0 Å². The molecule has 0 spiro atoms. The third-order valence-electron chi connectivity index (χ3n) is 9.34. The summed E-state index contributed by atoms with van der Waals surface area (Å²) in [5, 5.41) is 7.58. The van der Waals surface area contributed by atoms with E-state index in [4.69, 9.17) is 9.97 Å². The topological polar surface area (TPSA) is 30.7 Å². The van der Waals surface area contributed by atoms with Gasteiger partial charge in [-0.1, -0.05) is 127 Å². The zero-order valence-corrected chi connectivity index (χ0v) is 24.3. The lowest BCUT2D eigenvalue weighted by Gasteiger charge is -2.15. The highest BCUT2D eigenvalue weighted by atomic mass is 15.2. The highest BCUT2D eigenvalue weighted by Gasteiger charge is 2.26. The third kappa shape index (κ3) is 3.46. The molecular weight excluding hydrogens is 546 g/mol. The van der Waals surface area contributed by atoms with Crippen LogP contribution in [-0.2, 0) is 0 Å². The molecule has 7 aromatic carbocycles. The first-order chi connectivity index (χ1) is 22.3. The summed E-state index contributed by atoms with van der Waals surface area (Å²) in [7, 11) is 0. The summed E-state index contributed by atoms with van der Waals surface area (Å²) in [5.74, 6) is 0.669. The molecule has 208 valence electrons. The van der Waals surface area contributed by atoms with Gasteiger partial charge in [-0.2, -0.15) is 0 Å². The van der Waals surface area contributed by atoms with E-state index in [9.17, 15) is 0 Å². The van der Waals surface area contributed by atoms with E-state index in [0.717, 1.165) is 33.5 Å². The predicted molar refractivity (Wildman–Crippen MR) is 187 cm³/mol. The van der Waals surface area contributed by atoms with Gasteiger partial charge in [0.25, 0.3) is 0 Å². The Labute approximate surface area is 259 Å². The number of rotatable bonds is 3. The largest absolute Gasteiger partial charge is 0.278 e. The molecule has 0 saturated carbocycles. The number of hydrogen-bond donors (Lipinski definition) is 0. The van der Waals surface area contributed by atoms with E-state index in [0.29, 0.717) is 5.95 Å². The number of nitrogens with zero attached hydrogens (tertiary/aromatic N) is 3. The van der Waals surface area contributed by atoms with E-state index in [1.807, 2.05) is 12.1 Å². The summed E-state index contributed by atoms with van der Waals surface area (Å²) in [4.78, 5) is 10.5. The Kier molecular flexibility index (Phi) is 5.00. The average Bonchev–Trinajstić information content (AvgIpc) is 3.40. The summed E-state index contributed by atoms with van der Waals surface area (Å²) in [6, 6.07) is 54.1. The van der Waals surface area contributed by atoms with Crippen LogP contribution in [0.15, 0.2) is 152 Å². The van der Waals surface area contributed by atoms with E-state index in [1.54, 1.807) is 0 Å². The summed E-state index contributed by atoms with van der Waals surface area (Å²) >= 11 is 0. The molecule has 0 N–H and O–H groups in total. The predicted octanol–water partition coefficient (Wildman–Crippen LogP) is 10.9. The summed E-state index contributed by atoms with van der Waals surface area (Å²) in [6.07, 6.45) is 0. The van der Waals surface area contributed by atoms with Gasteiger partial charge in [-0.05, 0) is 62.7 Å². The number of aromatic nitrogens is 3. The van der Waals surface area contributed by atoms with Gasteiger partial charge in [0.05, 0.1) is 22.4 Å². The lowest BCUT2D eigenvalue weighted by molar-refractivity contribution is 0.996. The molecule has 0 radical (unpaired) electrons. The Bertz CT molecular complexity index is 2580. The second-order valence-electron chi connectivity index (χ2n) is 11.8. The molecule has 0 aliphatic heterocycles. The van der Waals surface area contributed by atoms with Gasteiger partial charge in [0, 0.05) is 27.3 Å². The van der Waals surface area contributed by atoms with Crippen LogP contribution in [0.5, 0.6) is 0 Å². The fraction of sp³-hybridized carbons (Fsp3) is 0. The summed E-state index contributed by atoms with van der Waals surface area (Å²) < 4.78 is 2.28. The zero-order chi connectivity index (χ0) is 29.5. The molecule has 0 atom stereocenters. The number of fused-ring (bicyclic) bond motifs is 5. The molecule has 0 fully saturated rings. The number of benzene rings is 7. The lowest BCUT2D eigenvalue weighted by Crippen LogP contribution is -2.04. The number of hydrogen-bond acceptors (Lipinski definition) is 2. The first-order valence-electron chi connectivity index (χ1n) is 15.4. The average molecular weight is 572 g/mol. The van der Waals surface area contributed by atoms with Crippen LogP contribution in [-0.4, -0.2) is 14.5 Å².